The number of nitrogens with one attached hydrogen (secondary N) is 1. The zero-order chi connectivity index (χ0) is 19.0. The third-order valence-corrected chi connectivity index (χ3v) is 4.53. The normalized spacial score (nSPS) is 10.9. The first kappa shape index (κ1) is 18.4. The molecule has 3 aromatic rings. The summed E-state index contributed by atoms with van der Waals surface area (Å²) in [4.78, 5) is 19.9. The fourth-order valence-corrected chi connectivity index (χ4v) is 3.21. The molecule has 0 aliphatic heterocycles. The van der Waals surface area contributed by atoms with Crippen molar-refractivity contribution in [2.45, 2.75) is 13.5 Å². The van der Waals surface area contributed by atoms with E-state index in [0.29, 0.717) is 44.0 Å². The van der Waals surface area contributed by atoms with Crippen molar-refractivity contribution in [2.24, 2.45) is 5.73 Å². The summed E-state index contributed by atoms with van der Waals surface area (Å²) in [5, 5.41) is 12.2. The van der Waals surface area contributed by atoms with Crippen LogP contribution in [0.5, 0.6) is 0 Å². The number of hydrogen-bond donors (Lipinski definition) is 3. The summed E-state index contributed by atoms with van der Waals surface area (Å²) in [6.45, 7) is 1.81. The Morgan fingerprint density at radius 1 is 1.38 bits per heavy atom. The zero-order valence-electron chi connectivity index (χ0n) is 13.5. The van der Waals surface area contributed by atoms with Gasteiger partial charge in [0.25, 0.3) is 0 Å². The van der Waals surface area contributed by atoms with Crippen LogP contribution in [-0.4, -0.2) is 30.6 Å². The Morgan fingerprint density at radius 3 is 2.73 bits per heavy atom. The van der Waals surface area contributed by atoms with Gasteiger partial charge in [0.15, 0.2) is 0 Å². The fourth-order valence-electron chi connectivity index (χ4n) is 2.62. The number of carboxylic acid groups (broad SMARTS) is 1. The standard InChI is InChI=1S/C16H13Cl2N5O2S/c1-7-10(5-20-16(24)25)13(9-3-2-8(17)4-11(9)18)23-6-12(14(19)26)22-15(23)21-7/h2-4,6,20H,5H2,1H3,(H2,19,26)(H,24,25). The minimum atomic E-state index is -1.15. The molecule has 0 saturated carbocycles. The highest BCUT2D eigenvalue weighted by molar-refractivity contribution is 7.80. The molecule has 1 aromatic carbocycles. The van der Waals surface area contributed by atoms with E-state index in [1.165, 1.54) is 0 Å². The molecular weight excluding hydrogens is 397 g/mol. The number of halogens is 2. The number of nitrogens with two attached hydrogens (primary N) is 1. The van der Waals surface area contributed by atoms with Crippen molar-refractivity contribution < 1.29 is 9.90 Å². The molecule has 0 aliphatic carbocycles. The molecular formula is C16H13Cl2N5O2S. The Balaban J connectivity index is 2.35. The third kappa shape index (κ3) is 3.44. The molecule has 0 unspecified atom stereocenters. The summed E-state index contributed by atoms with van der Waals surface area (Å²) in [5.41, 5.74) is 8.63. The van der Waals surface area contributed by atoms with E-state index in [-0.39, 0.29) is 11.5 Å². The molecule has 2 heterocycles. The quantitative estimate of drug-likeness (QED) is 0.570. The number of imidazole rings is 1. The van der Waals surface area contributed by atoms with Crippen LogP contribution in [0, 0.1) is 6.92 Å². The van der Waals surface area contributed by atoms with Crippen LogP contribution in [0.3, 0.4) is 0 Å². The first-order valence-corrected chi connectivity index (χ1v) is 8.55. The number of amides is 1. The molecule has 10 heteroatoms. The van der Waals surface area contributed by atoms with Gasteiger partial charge >= 0.3 is 6.09 Å². The summed E-state index contributed by atoms with van der Waals surface area (Å²) in [7, 11) is 0. The average Bonchev–Trinajstić information content (AvgIpc) is 2.96. The van der Waals surface area contributed by atoms with Crippen molar-refractivity contribution >= 4 is 52.3 Å². The van der Waals surface area contributed by atoms with E-state index < -0.39 is 6.09 Å². The van der Waals surface area contributed by atoms with Crippen LogP contribution in [0.25, 0.3) is 17.0 Å². The van der Waals surface area contributed by atoms with Crippen molar-refractivity contribution in [3.8, 4) is 11.3 Å². The summed E-state index contributed by atoms with van der Waals surface area (Å²) in [6.07, 6.45) is 0.501. The topological polar surface area (TPSA) is 106 Å². The lowest BCUT2D eigenvalue weighted by Crippen LogP contribution is -2.22. The first-order chi connectivity index (χ1) is 12.3. The van der Waals surface area contributed by atoms with Crippen LogP contribution in [-0.2, 0) is 6.54 Å². The molecule has 0 spiro atoms. The van der Waals surface area contributed by atoms with Gasteiger partial charge in [0, 0.05) is 28.0 Å². The van der Waals surface area contributed by atoms with Crippen LogP contribution in [0.15, 0.2) is 24.4 Å². The van der Waals surface area contributed by atoms with E-state index in [2.05, 4.69) is 15.3 Å². The molecule has 3 rings (SSSR count). The molecule has 134 valence electrons. The number of aromatic nitrogens is 3. The second-order valence-corrected chi connectivity index (χ2v) is 6.75. The van der Waals surface area contributed by atoms with Crippen molar-refractivity contribution in [2.75, 3.05) is 0 Å². The van der Waals surface area contributed by atoms with E-state index in [1.54, 1.807) is 35.7 Å². The van der Waals surface area contributed by atoms with Gasteiger partial charge < -0.3 is 16.2 Å². The highest BCUT2D eigenvalue weighted by atomic mass is 35.5. The van der Waals surface area contributed by atoms with E-state index in [0.717, 1.165) is 0 Å². The lowest BCUT2D eigenvalue weighted by molar-refractivity contribution is 0.194. The third-order valence-electron chi connectivity index (χ3n) is 3.77. The number of nitrogens with zero attached hydrogens (tertiary/aromatic N) is 3. The molecule has 0 fully saturated rings. The SMILES string of the molecule is Cc1nc2nc(C(N)=S)cn2c(-c2ccc(Cl)cc2Cl)c1CNC(=O)O. The maximum absolute atomic E-state index is 11.0. The molecule has 2 aromatic heterocycles. The van der Waals surface area contributed by atoms with E-state index in [4.69, 9.17) is 46.3 Å². The van der Waals surface area contributed by atoms with Gasteiger partial charge in [-0.25, -0.2) is 14.8 Å². The second kappa shape index (κ2) is 7.06. The summed E-state index contributed by atoms with van der Waals surface area (Å²) < 4.78 is 1.69. The second-order valence-electron chi connectivity index (χ2n) is 5.47. The number of thiocarbonyl (C=S) groups is 1. The highest BCUT2D eigenvalue weighted by Gasteiger charge is 2.19. The van der Waals surface area contributed by atoms with Gasteiger partial charge in [-0.1, -0.05) is 35.4 Å². The predicted molar refractivity (Wildman–Crippen MR) is 104 cm³/mol. The Hall–Kier alpha value is -2.42. The molecule has 4 N–H and O–H groups in total. The van der Waals surface area contributed by atoms with Gasteiger partial charge in [0.1, 0.15) is 10.7 Å². The van der Waals surface area contributed by atoms with Gasteiger partial charge in [0.05, 0.1) is 17.3 Å². The number of fused-ring (bicyclic) bond motifs is 1. The maximum Gasteiger partial charge on any atom is 0.404 e. The van der Waals surface area contributed by atoms with Gasteiger partial charge in [-0.15, -0.1) is 0 Å². The zero-order valence-corrected chi connectivity index (χ0v) is 15.8. The minimum absolute atomic E-state index is 0.0407. The summed E-state index contributed by atoms with van der Waals surface area (Å²) >= 11 is 17.4. The van der Waals surface area contributed by atoms with Crippen LogP contribution in [0.2, 0.25) is 10.0 Å². The van der Waals surface area contributed by atoms with Gasteiger partial charge in [-0.2, -0.15) is 0 Å². The maximum atomic E-state index is 11.0. The predicted octanol–water partition coefficient (Wildman–Crippen LogP) is 3.41. The number of rotatable bonds is 4. The number of benzene rings is 1. The Kier molecular flexibility index (Phi) is 4.99. The molecule has 0 bridgehead atoms. The van der Waals surface area contributed by atoms with Crippen LogP contribution < -0.4 is 11.1 Å². The number of aryl methyl sites for hydroxylation is 1. The molecule has 0 saturated heterocycles. The smallest absolute Gasteiger partial charge is 0.404 e. The van der Waals surface area contributed by atoms with Crippen LogP contribution >= 0.6 is 35.4 Å². The number of carbonyl (C=O) groups is 1. The lowest BCUT2D eigenvalue weighted by atomic mass is 10.0. The molecule has 0 atom stereocenters. The fraction of sp³-hybridized carbons (Fsp3) is 0.125. The monoisotopic (exact) mass is 409 g/mol. The number of hydrogen-bond acceptors (Lipinski definition) is 4. The Bertz CT molecular complexity index is 1050. The molecule has 0 aliphatic rings. The van der Waals surface area contributed by atoms with Crippen molar-refractivity contribution in [1.82, 2.24) is 19.7 Å². The van der Waals surface area contributed by atoms with E-state index in [1.807, 2.05) is 0 Å². The van der Waals surface area contributed by atoms with Crippen molar-refractivity contribution in [3.63, 3.8) is 0 Å². The summed E-state index contributed by atoms with van der Waals surface area (Å²) in [6, 6.07) is 5.06. The largest absolute Gasteiger partial charge is 0.465 e. The van der Waals surface area contributed by atoms with Crippen LogP contribution in [0.4, 0.5) is 4.79 Å². The molecule has 0 radical (unpaired) electrons. The van der Waals surface area contributed by atoms with Crippen molar-refractivity contribution in [1.29, 1.82) is 0 Å². The molecule has 7 nitrogen and oxygen atoms in total. The summed E-state index contributed by atoms with van der Waals surface area (Å²) in [5.74, 6) is 0.380. The van der Waals surface area contributed by atoms with E-state index >= 15 is 0 Å². The Labute approximate surface area is 163 Å². The Morgan fingerprint density at radius 2 is 2.12 bits per heavy atom. The minimum Gasteiger partial charge on any atom is -0.465 e. The molecule has 26 heavy (non-hydrogen) atoms. The lowest BCUT2D eigenvalue weighted by Gasteiger charge is -2.16. The van der Waals surface area contributed by atoms with Crippen molar-refractivity contribution in [3.05, 3.63) is 51.4 Å². The highest BCUT2D eigenvalue weighted by Crippen LogP contribution is 2.34. The van der Waals surface area contributed by atoms with Crippen LogP contribution in [0.1, 0.15) is 17.0 Å². The average molecular weight is 410 g/mol. The van der Waals surface area contributed by atoms with Gasteiger partial charge in [-0.3, -0.25) is 4.40 Å². The van der Waals surface area contributed by atoms with Gasteiger partial charge in [-0.05, 0) is 25.1 Å². The van der Waals surface area contributed by atoms with Gasteiger partial charge in [0.2, 0.25) is 5.78 Å². The first-order valence-electron chi connectivity index (χ1n) is 7.38. The molecule has 1 amide bonds. The van der Waals surface area contributed by atoms with E-state index in [9.17, 15) is 4.79 Å².